The van der Waals surface area contributed by atoms with Crippen LogP contribution in [0.5, 0.6) is 5.75 Å². The van der Waals surface area contributed by atoms with Gasteiger partial charge in [-0.15, -0.1) is 5.10 Å². The van der Waals surface area contributed by atoms with E-state index in [4.69, 9.17) is 22.1 Å². The molecule has 3 aromatic rings. The van der Waals surface area contributed by atoms with E-state index in [-0.39, 0.29) is 12.3 Å². The maximum Gasteiger partial charge on any atom is 0.194 e. The summed E-state index contributed by atoms with van der Waals surface area (Å²) in [6.45, 7) is 2.28. The third-order valence-corrected chi connectivity index (χ3v) is 3.83. The van der Waals surface area contributed by atoms with Crippen LogP contribution in [0.3, 0.4) is 0 Å². The van der Waals surface area contributed by atoms with Crippen molar-refractivity contribution < 1.29 is 9.13 Å². The summed E-state index contributed by atoms with van der Waals surface area (Å²) in [5, 5.41) is 11.9. The molecular weight excluding hydrogens is 333 g/mol. The SMILES string of the molecule is Cc1ccc(F)c(-n2nnnc2COc2ccc(CN)c(Cl)c2)c1. The van der Waals surface area contributed by atoms with Gasteiger partial charge in [0.25, 0.3) is 0 Å². The Morgan fingerprint density at radius 3 is 2.83 bits per heavy atom. The summed E-state index contributed by atoms with van der Waals surface area (Å²) >= 11 is 6.10. The van der Waals surface area contributed by atoms with Crippen LogP contribution in [0.15, 0.2) is 36.4 Å². The van der Waals surface area contributed by atoms with Crippen molar-refractivity contribution in [2.45, 2.75) is 20.1 Å². The first kappa shape index (κ1) is 16.4. The maximum atomic E-state index is 14.0. The summed E-state index contributed by atoms with van der Waals surface area (Å²) in [5.74, 6) is 0.513. The predicted molar refractivity (Wildman–Crippen MR) is 87.5 cm³/mol. The van der Waals surface area contributed by atoms with Gasteiger partial charge in [-0.2, -0.15) is 4.68 Å². The van der Waals surface area contributed by atoms with Gasteiger partial charge in [-0.3, -0.25) is 0 Å². The van der Waals surface area contributed by atoms with Gasteiger partial charge < -0.3 is 10.5 Å². The van der Waals surface area contributed by atoms with Crippen LogP contribution in [0.1, 0.15) is 17.0 Å². The van der Waals surface area contributed by atoms with Crippen LogP contribution in [0.2, 0.25) is 5.02 Å². The number of benzene rings is 2. The van der Waals surface area contributed by atoms with Crippen molar-refractivity contribution in [1.29, 1.82) is 0 Å². The minimum absolute atomic E-state index is 0.0681. The number of nitrogens with two attached hydrogens (primary N) is 1. The van der Waals surface area contributed by atoms with Gasteiger partial charge in [0.1, 0.15) is 23.9 Å². The molecule has 24 heavy (non-hydrogen) atoms. The molecule has 124 valence electrons. The number of tetrazole rings is 1. The van der Waals surface area contributed by atoms with Gasteiger partial charge in [-0.05, 0) is 52.7 Å². The van der Waals surface area contributed by atoms with E-state index < -0.39 is 5.82 Å². The first-order chi connectivity index (χ1) is 11.6. The first-order valence-electron chi connectivity index (χ1n) is 7.23. The van der Waals surface area contributed by atoms with Crippen LogP contribution in [0.25, 0.3) is 5.69 Å². The Morgan fingerprint density at radius 1 is 1.25 bits per heavy atom. The van der Waals surface area contributed by atoms with Gasteiger partial charge in [0, 0.05) is 11.6 Å². The Hall–Kier alpha value is -2.51. The fourth-order valence-corrected chi connectivity index (χ4v) is 2.45. The summed E-state index contributed by atoms with van der Waals surface area (Å²) in [7, 11) is 0. The lowest BCUT2D eigenvalue weighted by Gasteiger charge is -2.09. The van der Waals surface area contributed by atoms with Crippen LogP contribution in [-0.2, 0) is 13.2 Å². The fourth-order valence-electron chi connectivity index (χ4n) is 2.20. The number of hydrogen-bond donors (Lipinski definition) is 1. The molecule has 0 saturated heterocycles. The molecule has 0 aliphatic heterocycles. The Morgan fingerprint density at radius 2 is 2.08 bits per heavy atom. The standard InChI is InChI=1S/C16H15ClFN5O/c1-10-2-5-14(18)15(6-10)23-16(20-21-22-23)9-24-12-4-3-11(8-19)13(17)7-12/h2-7H,8-9,19H2,1H3. The van der Waals surface area contributed by atoms with E-state index in [1.54, 1.807) is 30.3 Å². The van der Waals surface area contributed by atoms with Crippen molar-refractivity contribution in [3.63, 3.8) is 0 Å². The van der Waals surface area contributed by atoms with Crippen LogP contribution >= 0.6 is 11.6 Å². The maximum absolute atomic E-state index is 14.0. The summed E-state index contributed by atoms with van der Waals surface area (Å²) in [5.41, 5.74) is 7.58. The van der Waals surface area contributed by atoms with E-state index in [2.05, 4.69) is 15.5 Å². The molecule has 0 unspecified atom stereocenters. The Balaban J connectivity index is 1.81. The van der Waals surface area contributed by atoms with Gasteiger partial charge in [0.2, 0.25) is 0 Å². The molecule has 1 heterocycles. The molecule has 0 amide bonds. The fraction of sp³-hybridized carbons (Fsp3) is 0.188. The lowest BCUT2D eigenvalue weighted by molar-refractivity contribution is 0.292. The average molecular weight is 348 g/mol. The molecule has 3 rings (SSSR count). The number of rotatable bonds is 5. The monoisotopic (exact) mass is 347 g/mol. The average Bonchev–Trinajstić information content (AvgIpc) is 3.03. The minimum atomic E-state index is -0.413. The van der Waals surface area contributed by atoms with Crippen molar-refractivity contribution in [3.8, 4) is 11.4 Å². The summed E-state index contributed by atoms with van der Waals surface area (Å²) < 4.78 is 21.0. The van der Waals surface area contributed by atoms with E-state index in [0.29, 0.717) is 23.1 Å². The van der Waals surface area contributed by atoms with Crippen molar-refractivity contribution in [2.24, 2.45) is 5.73 Å². The quantitative estimate of drug-likeness (QED) is 0.767. The highest BCUT2D eigenvalue weighted by atomic mass is 35.5. The van der Waals surface area contributed by atoms with E-state index in [0.717, 1.165) is 11.1 Å². The number of aryl methyl sites for hydroxylation is 1. The molecule has 0 saturated carbocycles. The topological polar surface area (TPSA) is 78.8 Å². The molecular formula is C16H15ClFN5O. The van der Waals surface area contributed by atoms with Gasteiger partial charge in [-0.25, -0.2) is 4.39 Å². The van der Waals surface area contributed by atoms with Gasteiger partial charge >= 0.3 is 0 Å². The summed E-state index contributed by atoms with van der Waals surface area (Å²) in [6, 6.07) is 9.95. The molecule has 0 fully saturated rings. The molecule has 0 bridgehead atoms. The van der Waals surface area contributed by atoms with Gasteiger partial charge in [0.15, 0.2) is 5.82 Å². The van der Waals surface area contributed by atoms with E-state index in [1.165, 1.54) is 10.7 Å². The second-order valence-electron chi connectivity index (χ2n) is 5.21. The Labute approximate surface area is 143 Å². The number of nitrogens with zero attached hydrogens (tertiary/aromatic N) is 4. The smallest absolute Gasteiger partial charge is 0.194 e. The largest absolute Gasteiger partial charge is 0.485 e. The van der Waals surface area contributed by atoms with Crippen LogP contribution < -0.4 is 10.5 Å². The second-order valence-corrected chi connectivity index (χ2v) is 5.61. The molecule has 2 N–H and O–H groups in total. The van der Waals surface area contributed by atoms with Crippen LogP contribution in [0.4, 0.5) is 4.39 Å². The molecule has 0 atom stereocenters. The summed E-state index contributed by atoms with van der Waals surface area (Å²) in [6.07, 6.45) is 0. The van der Waals surface area contributed by atoms with Crippen molar-refractivity contribution in [3.05, 3.63) is 64.2 Å². The highest BCUT2D eigenvalue weighted by molar-refractivity contribution is 6.31. The number of ether oxygens (including phenoxy) is 1. The lowest BCUT2D eigenvalue weighted by Crippen LogP contribution is -2.09. The highest BCUT2D eigenvalue weighted by Gasteiger charge is 2.13. The Bertz CT molecular complexity index is 867. The van der Waals surface area contributed by atoms with Crippen molar-refractivity contribution >= 4 is 11.6 Å². The first-order valence-corrected chi connectivity index (χ1v) is 7.61. The molecule has 2 aromatic carbocycles. The molecule has 0 radical (unpaired) electrons. The number of hydrogen-bond acceptors (Lipinski definition) is 5. The number of aromatic nitrogens is 4. The van der Waals surface area contributed by atoms with E-state index in [1.807, 2.05) is 6.92 Å². The second kappa shape index (κ2) is 6.94. The zero-order valence-electron chi connectivity index (χ0n) is 12.9. The lowest BCUT2D eigenvalue weighted by atomic mass is 10.2. The zero-order chi connectivity index (χ0) is 17.1. The van der Waals surface area contributed by atoms with Crippen LogP contribution in [-0.4, -0.2) is 20.2 Å². The minimum Gasteiger partial charge on any atom is -0.485 e. The highest BCUT2D eigenvalue weighted by Crippen LogP contribution is 2.23. The molecule has 0 aliphatic rings. The number of halogens is 2. The van der Waals surface area contributed by atoms with Crippen molar-refractivity contribution in [2.75, 3.05) is 0 Å². The molecule has 0 spiro atoms. The van der Waals surface area contributed by atoms with Crippen LogP contribution in [0, 0.1) is 12.7 Å². The van der Waals surface area contributed by atoms with Crippen molar-refractivity contribution in [1.82, 2.24) is 20.2 Å². The van der Waals surface area contributed by atoms with E-state index in [9.17, 15) is 4.39 Å². The van der Waals surface area contributed by atoms with Gasteiger partial charge in [-0.1, -0.05) is 23.7 Å². The third kappa shape index (κ3) is 3.37. The zero-order valence-corrected chi connectivity index (χ0v) is 13.7. The molecule has 6 nitrogen and oxygen atoms in total. The van der Waals surface area contributed by atoms with E-state index >= 15 is 0 Å². The molecule has 0 aliphatic carbocycles. The normalized spacial score (nSPS) is 10.8. The molecule has 8 heteroatoms. The third-order valence-electron chi connectivity index (χ3n) is 3.48. The summed E-state index contributed by atoms with van der Waals surface area (Å²) in [4.78, 5) is 0. The Kier molecular flexibility index (Phi) is 4.73. The predicted octanol–water partition coefficient (Wildman–Crippen LogP) is 2.80. The molecule has 1 aromatic heterocycles. The van der Waals surface area contributed by atoms with Gasteiger partial charge in [0.05, 0.1) is 0 Å².